The topological polar surface area (TPSA) is 149 Å². The molecule has 0 fully saturated rings. The zero-order valence-corrected chi connectivity index (χ0v) is 35.1. The van der Waals surface area contributed by atoms with Gasteiger partial charge in [-0.25, -0.2) is 19.2 Å². The van der Waals surface area contributed by atoms with E-state index < -0.39 is 23.9 Å². The average molecular weight is 863 g/mol. The summed E-state index contributed by atoms with van der Waals surface area (Å²) in [7, 11) is 0. The van der Waals surface area contributed by atoms with Gasteiger partial charge in [0.25, 0.3) is 0 Å². The molecule has 4 N–H and O–H groups in total. The van der Waals surface area contributed by atoms with Crippen LogP contribution in [0.1, 0.15) is 41.4 Å². The van der Waals surface area contributed by atoms with Crippen molar-refractivity contribution in [3.05, 3.63) is 229 Å². The summed E-state index contributed by atoms with van der Waals surface area (Å²) in [6.07, 6.45) is 0. The Hall–Kier alpha value is -9.14. The molecule has 0 spiro atoms. The number of aromatic carboxylic acids is 4. The van der Waals surface area contributed by atoms with Gasteiger partial charge in [0, 0.05) is 0 Å². The van der Waals surface area contributed by atoms with E-state index in [1.54, 1.807) is 24.3 Å². The van der Waals surface area contributed by atoms with Crippen LogP contribution >= 0.6 is 0 Å². The van der Waals surface area contributed by atoms with Crippen molar-refractivity contribution in [3.8, 4) is 89.0 Å². The molecule has 318 valence electrons. The first-order valence-corrected chi connectivity index (χ1v) is 21.0. The van der Waals surface area contributed by atoms with E-state index in [1.807, 2.05) is 127 Å². The van der Waals surface area contributed by atoms with Crippen molar-refractivity contribution in [1.29, 1.82) is 0 Å². The first-order valence-electron chi connectivity index (χ1n) is 21.0. The minimum atomic E-state index is -1.33. The third-order valence-corrected chi connectivity index (χ3v) is 11.8. The van der Waals surface area contributed by atoms with E-state index in [4.69, 9.17) is 0 Å². The number of hydrogen-bond acceptors (Lipinski definition) is 4. The maximum Gasteiger partial charge on any atom is 0.337 e. The van der Waals surface area contributed by atoms with E-state index in [-0.39, 0.29) is 22.3 Å². The van der Waals surface area contributed by atoms with Crippen molar-refractivity contribution in [2.75, 3.05) is 0 Å². The Balaban J connectivity index is 1.16. The Bertz CT molecular complexity index is 3180. The molecule has 8 heteroatoms. The molecule has 0 heterocycles. The summed E-state index contributed by atoms with van der Waals surface area (Å²) in [5.74, 6) is -5.30. The Morgan fingerprint density at radius 1 is 0.227 bits per heavy atom. The summed E-state index contributed by atoms with van der Waals surface area (Å²) in [4.78, 5) is 49.6. The van der Waals surface area contributed by atoms with Gasteiger partial charge in [-0.2, -0.15) is 0 Å². The van der Waals surface area contributed by atoms with Crippen LogP contribution in [0.2, 0.25) is 0 Å². The fourth-order valence-electron chi connectivity index (χ4n) is 8.98. The summed E-state index contributed by atoms with van der Waals surface area (Å²) in [6, 6.07) is 64.1. The number of rotatable bonds is 12. The molecule has 9 rings (SSSR count). The average Bonchev–Trinajstić information content (AvgIpc) is 3.35. The van der Waals surface area contributed by atoms with Crippen molar-refractivity contribution >= 4 is 23.9 Å². The lowest BCUT2D eigenvalue weighted by Gasteiger charge is -2.19. The Morgan fingerprint density at radius 3 is 0.697 bits per heavy atom. The van der Waals surface area contributed by atoms with E-state index in [9.17, 15) is 39.6 Å². The molecule has 0 bridgehead atoms. The zero-order chi connectivity index (χ0) is 45.9. The first-order chi connectivity index (χ1) is 32.1. The second-order valence-corrected chi connectivity index (χ2v) is 15.5. The van der Waals surface area contributed by atoms with Gasteiger partial charge in [0.15, 0.2) is 0 Å². The molecule has 0 saturated carbocycles. The molecule has 0 unspecified atom stereocenters. The number of benzene rings is 9. The molecule has 9 aromatic rings. The van der Waals surface area contributed by atoms with Gasteiger partial charge in [-0.05, 0) is 107 Å². The molecule has 0 atom stereocenters. The van der Waals surface area contributed by atoms with Crippen molar-refractivity contribution in [3.63, 3.8) is 0 Å². The van der Waals surface area contributed by atoms with Crippen molar-refractivity contribution < 1.29 is 39.6 Å². The van der Waals surface area contributed by atoms with Crippen LogP contribution in [0.5, 0.6) is 0 Å². The molecule has 0 aromatic heterocycles. The van der Waals surface area contributed by atoms with Gasteiger partial charge in [0.05, 0.1) is 22.3 Å². The van der Waals surface area contributed by atoms with E-state index >= 15 is 0 Å². The van der Waals surface area contributed by atoms with Crippen molar-refractivity contribution in [2.45, 2.75) is 0 Å². The highest BCUT2D eigenvalue weighted by molar-refractivity contribution is 6.10. The highest BCUT2D eigenvalue weighted by atomic mass is 16.4. The van der Waals surface area contributed by atoms with Crippen LogP contribution in [0.4, 0.5) is 0 Å². The summed E-state index contributed by atoms with van der Waals surface area (Å²) in [5, 5.41) is 40.4. The standard InChI is InChI=1S/C58H38O8/c59-55(60)51-32-14-30-49(53(51)57(63)64)47-28-11-9-26-45(47)43-24-7-5-22-41(43)39-20-3-1-18-37(39)35-16-13-17-36(34-35)38-19-2-4-21-40(38)42-23-6-8-25-44(42)46-27-10-12-29-48(46)50-31-15-33-52(56(61)62)54(50)58(65)66/h1-34H,(H,59,60)(H,61,62)(H,63,64)(H,65,66). The fourth-order valence-corrected chi connectivity index (χ4v) is 8.98. The number of carboxylic acids is 4. The fraction of sp³-hybridized carbons (Fsp3) is 0. The summed E-state index contributed by atoms with van der Waals surface area (Å²) >= 11 is 0. The first kappa shape index (κ1) is 42.2. The van der Waals surface area contributed by atoms with Gasteiger partial charge in [0.1, 0.15) is 0 Å². The minimum absolute atomic E-state index is 0.280. The minimum Gasteiger partial charge on any atom is -0.478 e. The zero-order valence-electron chi connectivity index (χ0n) is 35.1. The Labute approximate surface area is 379 Å². The van der Waals surface area contributed by atoms with Gasteiger partial charge in [0.2, 0.25) is 0 Å². The van der Waals surface area contributed by atoms with Gasteiger partial charge in [-0.3, -0.25) is 0 Å². The molecule has 0 amide bonds. The van der Waals surface area contributed by atoms with Gasteiger partial charge in [-0.1, -0.05) is 188 Å². The molecule has 66 heavy (non-hydrogen) atoms. The largest absolute Gasteiger partial charge is 0.478 e. The van der Waals surface area contributed by atoms with E-state index in [2.05, 4.69) is 42.5 Å². The predicted molar refractivity (Wildman–Crippen MR) is 258 cm³/mol. The van der Waals surface area contributed by atoms with Crippen molar-refractivity contribution in [1.82, 2.24) is 0 Å². The molecular formula is C58H38O8. The van der Waals surface area contributed by atoms with E-state index in [0.29, 0.717) is 22.3 Å². The van der Waals surface area contributed by atoms with Crippen molar-refractivity contribution in [2.24, 2.45) is 0 Å². The van der Waals surface area contributed by atoms with Crippen LogP contribution in [0.15, 0.2) is 206 Å². The highest BCUT2D eigenvalue weighted by Crippen LogP contribution is 2.45. The van der Waals surface area contributed by atoms with E-state index in [0.717, 1.165) is 66.8 Å². The SMILES string of the molecule is O=C(O)c1cccc(-c2ccccc2-c2ccccc2-c2ccccc2-c2cccc(-c3ccccc3-c3ccccc3-c3ccccc3-c3cccc(C(=O)O)c3C(=O)O)c2)c1C(=O)O. The van der Waals surface area contributed by atoms with Crippen LogP contribution in [0.3, 0.4) is 0 Å². The number of hydrogen-bond donors (Lipinski definition) is 4. The monoisotopic (exact) mass is 862 g/mol. The van der Waals surface area contributed by atoms with E-state index in [1.165, 1.54) is 12.1 Å². The lowest BCUT2D eigenvalue weighted by atomic mass is 9.84. The molecular weight excluding hydrogens is 825 g/mol. The van der Waals surface area contributed by atoms with Gasteiger partial charge in [-0.15, -0.1) is 0 Å². The number of carbonyl (C=O) groups is 4. The summed E-state index contributed by atoms with van der Waals surface area (Å²) in [6.45, 7) is 0. The molecule has 0 radical (unpaired) electrons. The third kappa shape index (κ3) is 7.80. The molecule has 0 saturated heterocycles. The quantitative estimate of drug-likeness (QED) is 0.0948. The predicted octanol–water partition coefficient (Wildman–Crippen LogP) is 13.8. The summed E-state index contributed by atoms with van der Waals surface area (Å²) < 4.78 is 0. The lowest BCUT2D eigenvalue weighted by Crippen LogP contribution is -2.10. The van der Waals surface area contributed by atoms with Crippen LogP contribution in [0.25, 0.3) is 89.0 Å². The normalized spacial score (nSPS) is 10.9. The lowest BCUT2D eigenvalue weighted by molar-refractivity contribution is 0.0652. The van der Waals surface area contributed by atoms with Gasteiger partial charge >= 0.3 is 23.9 Å². The number of carboxylic acid groups (broad SMARTS) is 4. The highest BCUT2D eigenvalue weighted by Gasteiger charge is 2.25. The molecule has 0 aliphatic carbocycles. The molecule has 0 aliphatic rings. The van der Waals surface area contributed by atoms with Crippen LogP contribution < -0.4 is 0 Å². The Kier molecular flexibility index (Phi) is 11.5. The maximum absolute atomic E-state index is 12.6. The third-order valence-electron chi connectivity index (χ3n) is 11.8. The molecule has 8 nitrogen and oxygen atoms in total. The van der Waals surface area contributed by atoms with Crippen LogP contribution in [0, 0.1) is 0 Å². The summed E-state index contributed by atoms with van der Waals surface area (Å²) in [5.41, 5.74) is 11.2. The second kappa shape index (κ2) is 17.9. The second-order valence-electron chi connectivity index (χ2n) is 15.5. The van der Waals surface area contributed by atoms with Crippen LogP contribution in [-0.2, 0) is 0 Å². The maximum atomic E-state index is 12.6. The Morgan fingerprint density at radius 2 is 0.439 bits per heavy atom. The van der Waals surface area contributed by atoms with Crippen LogP contribution in [-0.4, -0.2) is 44.3 Å². The molecule has 9 aromatic carbocycles. The smallest absolute Gasteiger partial charge is 0.337 e. The van der Waals surface area contributed by atoms with Gasteiger partial charge < -0.3 is 20.4 Å². The molecule has 0 aliphatic heterocycles.